The molecule has 1 amide bonds. The highest BCUT2D eigenvalue weighted by molar-refractivity contribution is 7.88. The molecule has 2 heterocycles. The van der Waals surface area contributed by atoms with E-state index in [1.54, 1.807) is 13.8 Å². The minimum atomic E-state index is -3.72. The quantitative estimate of drug-likeness (QED) is 0.561. The van der Waals surface area contributed by atoms with Gasteiger partial charge in [0.1, 0.15) is 5.82 Å². The van der Waals surface area contributed by atoms with E-state index in [4.69, 9.17) is 9.47 Å². The lowest BCUT2D eigenvalue weighted by Crippen LogP contribution is -2.52. The summed E-state index contributed by atoms with van der Waals surface area (Å²) in [6.07, 6.45) is 1.45. The van der Waals surface area contributed by atoms with Crippen LogP contribution in [0.1, 0.15) is 51.8 Å². The summed E-state index contributed by atoms with van der Waals surface area (Å²) in [5.41, 5.74) is -0.185. The Morgan fingerprint density at radius 3 is 2.54 bits per heavy atom. The summed E-state index contributed by atoms with van der Waals surface area (Å²) in [5, 5.41) is 0. The van der Waals surface area contributed by atoms with Crippen LogP contribution in [0, 0.1) is 11.7 Å². The number of halogens is 3. The van der Waals surface area contributed by atoms with Gasteiger partial charge < -0.3 is 9.47 Å². The predicted molar refractivity (Wildman–Crippen MR) is 119 cm³/mol. The molecule has 0 bridgehead atoms. The summed E-state index contributed by atoms with van der Waals surface area (Å²) in [4.78, 5) is 22.0. The Labute approximate surface area is 202 Å². The van der Waals surface area contributed by atoms with Crippen LogP contribution in [0.15, 0.2) is 12.4 Å². The molecule has 1 saturated heterocycles. The van der Waals surface area contributed by atoms with Crippen LogP contribution in [-0.4, -0.2) is 79.0 Å². The third kappa shape index (κ3) is 5.72. The number of amides is 1. The summed E-state index contributed by atoms with van der Waals surface area (Å²) in [5.74, 6) is 0.393. The summed E-state index contributed by atoms with van der Waals surface area (Å²) >= 11 is 0. The molecule has 1 N–H and O–H groups in total. The van der Waals surface area contributed by atoms with Crippen molar-refractivity contribution in [3.63, 3.8) is 0 Å². The molecule has 3 fully saturated rings. The van der Waals surface area contributed by atoms with Crippen molar-refractivity contribution in [2.75, 3.05) is 12.9 Å². The number of hydrogen-bond donors (Lipinski definition) is 1. The lowest BCUT2D eigenvalue weighted by atomic mass is 9.86. The third-order valence-corrected chi connectivity index (χ3v) is 7.87. The average Bonchev–Trinajstić information content (AvgIpc) is 3.38. The van der Waals surface area contributed by atoms with E-state index in [-0.39, 0.29) is 30.5 Å². The first-order valence-electron chi connectivity index (χ1n) is 11.7. The van der Waals surface area contributed by atoms with Gasteiger partial charge in [0.05, 0.1) is 49.5 Å². The van der Waals surface area contributed by atoms with Crippen molar-refractivity contribution < 1.29 is 35.9 Å². The first-order chi connectivity index (χ1) is 16.4. The minimum Gasteiger partial charge on any atom is -0.447 e. The molecule has 0 aromatic carbocycles. The third-order valence-electron chi connectivity index (χ3n) is 7.14. The molecule has 3 aliphatic rings. The zero-order chi connectivity index (χ0) is 25.5. The monoisotopic (exact) mass is 520 g/mol. The molecule has 2 saturated carbocycles. The number of carbonyl (C=O) groups excluding carboxylic acids is 1. The Balaban J connectivity index is 1.45. The van der Waals surface area contributed by atoms with E-state index in [1.165, 1.54) is 0 Å². The van der Waals surface area contributed by atoms with Crippen molar-refractivity contribution in [3.8, 4) is 0 Å². The largest absolute Gasteiger partial charge is 0.447 e. The molecule has 2 aliphatic carbocycles. The van der Waals surface area contributed by atoms with E-state index in [0.717, 1.165) is 36.4 Å². The zero-order valence-electron chi connectivity index (χ0n) is 19.9. The molecular weight excluding hydrogens is 489 g/mol. The number of likely N-dealkylation sites (tertiary alicyclic amines) is 1. The smallest absolute Gasteiger partial charge is 0.410 e. The van der Waals surface area contributed by atoms with Crippen molar-refractivity contribution in [1.82, 2.24) is 19.6 Å². The molecule has 6 atom stereocenters. The molecule has 35 heavy (non-hydrogen) atoms. The van der Waals surface area contributed by atoms with Gasteiger partial charge in [0.25, 0.3) is 6.43 Å². The second-order valence-electron chi connectivity index (χ2n) is 10.1. The van der Waals surface area contributed by atoms with Gasteiger partial charge in [-0.1, -0.05) is 0 Å². The maximum absolute atomic E-state index is 13.8. The molecule has 4 rings (SSSR count). The van der Waals surface area contributed by atoms with E-state index in [0.29, 0.717) is 18.7 Å². The Kier molecular flexibility index (Phi) is 7.31. The summed E-state index contributed by atoms with van der Waals surface area (Å²) in [6, 6.07) is -3.37. The number of nitrogens with one attached hydrogen (secondary N) is 1. The van der Waals surface area contributed by atoms with Crippen molar-refractivity contribution in [2.24, 2.45) is 5.92 Å². The van der Waals surface area contributed by atoms with Gasteiger partial charge in [-0.15, -0.1) is 0 Å². The van der Waals surface area contributed by atoms with E-state index >= 15 is 0 Å². The van der Waals surface area contributed by atoms with Crippen LogP contribution in [0.4, 0.5) is 18.0 Å². The van der Waals surface area contributed by atoms with Gasteiger partial charge in [0, 0.05) is 11.5 Å². The predicted octanol–water partition coefficient (Wildman–Crippen LogP) is 2.61. The van der Waals surface area contributed by atoms with Crippen LogP contribution in [0.25, 0.3) is 0 Å². The Morgan fingerprint density at radius 2 is 1.97 bits per heavy atom. The number of rotatable bonds is 8. The summed E-state index contributed by atoms with van der Waals surface area (Å²) in [6.45, 7) is 3.11. The van der Waals surface area contributed by atoms with E-state index in [2.05, 4.69) is 14.7 Å². The van der Waals surface area contributed by atoms with Gasteiger partial charge in [-0.25, -0.2) is 41.1 Å². The van der Waals surface area contributed by atoms with E-state index < -0.39 is 52.6 Å². The first kappa shape index (κ1) is 26.1. The molecule has 196 valence electrons. The van der Waals surface area contributed by atoms with Crippen molar-refractivity contribution in [2.45, 2.75) is 88.1 Å². The topological polar surface area (TPSA) is 111 Å². The number of aromatic nitrogens is 2. The number of fused-ring (bicyclic) bond motifs is 1. The number of sulfonamides is 1. The lowest BCUT2D eigenvalue weighted by molar-refractivity contribution is -0.0299. The number of hydrogen-bond acceptors (Lipinski definition) is 7. The van der Waals surface area contributed by atoms with Gasteiger partial charge in [-0.3, -0.25) is 4.90 Å². The Morgan fingerprint density at radius 1 is 1.29 bits per heavy atom. The second-order valence-corrected chi connectivity index (χ2v) is 11.8. The van der Waals surface area contributed by atoms with Crippen LogP contribution in [0.2, 0.25) is 0 Å². The number of nitrogens with zero attached hydrogens (tertiary/aromatic N) is 3. The molecule has 1 aromatic heterocycles. The molecular formula is C22H31F3N4O5S. The maximum Gasteiger partial charge on any atom is 0.410 e. The number of alkyl halides is 2. The van der Waals surface area contributed by atoms with Crippen LogP contribution in [0.3, 0.4) is 0 Å². The fourth-order valence-corrected chi connectivity index (χ4v) is 6.32. The van der Waals surface area contributed by atoms with Crippen molar-refractivity contribution in [3.05, 3.63) is 24.0 Å². The fraction of sp³-hybridized carbons (Fsp3) is 0.773. The molecule has 1 aliphatic heterocycles. The van der Waals surface area contributed by atoms with Crippen LogP contribution in [0.5, 0.6) is 0 Å². The van der Waals surface area contributed by atoms with Crippen molar-refractivity contribution in [1.29, 1.82) is 0 Å². The Bertz CT molecular complexity index is 1030. The van der Waals surface area contributed by atoms with Gasteiger partial charge in [0.2, 0.25) is 10.0 Å². The van der Waals surface area contributed by atoms with Crippen LogP contribution < -0.4 is 4.72 Å². The van der Waals surface area contributed by atoms with E-state index in [1.807, 2.05) is 0 Å². The summed E-state index contributed by atoms with van der Waals surface area (Å²) < 4.78 is 78.4. The highest BCUT2D eigenvalue weighted by Crippen LogP contribution is 2.61. The molecule has 13 heteroatoms. The average molecular weight is 521 g/mol. The van der Waals surface area contributed by atoms with E-state index in [9.17, 15) is 26.4 Å². The van der Waals surface area contributed by atoms with Gasteiger partial charge in [-0.05, 0) is 51.9 Å². The standard InChI is InChI=1S/C22H31F3N4O5S/c1-12(2)34-21(30)29-17(19(24)25)7-16(28-35(3,31)32)18(29)11-33-15-4-5-22(8-13(22)6-15)20-26-9-14(23)10-27-20/h9-10,12-13,15-19,28H,4-8,11H2,1-3H3/t13-,15+,16+,17+,18+,22-/m1/s1. The lowest BCUT2D eigenvalue weighted by Gasteiger charge is -2.33. The number of carbonyl (C=O) groups is 1. The minimum absolute atomic E-state index is 0.110. The highest BCUT2D eigenvalue weighted by atomic mass is 32.2. The normalized spacial score (nSPS) is 32.7. The molecule has 0 unspecified atom stereocenters. The highest BCUT2D eigenvalue weighted by Gasteiger charge is 2.60. The molecule has 0 spiro atoms. The van der Waals surface area contributed by atoms with Crippen molar-refractivity contribution >= 4 is 16.1 Å². The fourth-order valence-electron chi connectivity index (χ4n) is 5.52. The second kappa shape index (κ2) is 9.81. The molecule has 0 radical (unpaired) electrons. The van der Waals surface area contributed by atoms with Gasteiger partial charge in [0.15, 0.2) is 5.82 Å². The Hall–Kier alpha value is -1.99. The van der Waals surface area contributed by atoms with Gasteiger partial charge >= 0.3 is 6.09 Å². The first-order valence-corrected chi connectivity index (χ1v) is 13.6. The maximum atomic E-state index is 13.8. The molecule has 1 aromatic rings. The SMILES string of the molecule is CC(C)OC(=O)N1[C@H](C(F)F)C[C@H](NS(C)(=O)=O)[C@@H]1CO[C@H]1CC[C@@]2(c3ncc(F)cn3)C[C@H]2C1. The van der Waals surface area contributed by atoms with Crippen LogP contribution >= 0.6 is 0 Å². The number of ether oxygens (including phenoxy) is 2. The van der Waals surface area contributed by atoms with Gasteiger partial charge in [-0.2, -0.15) is 0 Å². The zero-order valence-corrected chi connectivity index (χ0v) is 20.7. The summed E-state index contributed by atoms with van der Waals surface area (Å²) in [7, 11) is -3.72. The van der Waals surface area contributed by atoms with Crippen LogP contribution in [-0.2, 0) is 24.9 Å². The molecule has 9 nitrogen and oxygen atoms in total.